The summed E-state index contributed by atoms with van der Waals surface area (Å²) in [6, 6.07) is 14.4. The van der Waals surface area contributed by atoms with Crippen LogP contribution in [0.1, 0.15) is 38.0 Å². The number of halogens is 1. The minimum atomic E-state index is 0.499. The van der Waals surface area contributed by atoms with Crippen molar-refractivity contribution in [1.82, 2.24) is 20.5 Å². The van der Waals surface area contributed by atoms with E-state index in [1.54, 1.807) is 0 Å². The number of pyridine rings is 1. The zero-order chi connectivity index (χ0) is 23.1. The van der Waals surface area contributed by atoms with Gasteiger partial charge in [-0.3, -0.25) is 0 Å². The highest BCUT2D eigenvalue weighted by molar-refractivity contribution is 9.10. The summed E-state index contributed by atoms with van der Waals surface area (Å²) < 4.78 is 6.69. The normalized spacial score (nSPS) is 27.1. The molecule has 4 unspecified atom stereocenters. The molecule has 3 aromatic rings. The molecule has 3 fully saturated rings. The lowest BCUT2D eigenvalue weighted by Gasteiger charge is -2.47. The summed E-state index contributed by atoms with van der Waals surface area (Å²) in [7, 11) is 0. The minimum Gasteiger partial charge on any atom is -0.421 e. The van der Waals surface area contributed by atoms with Gasteiger partial charge in [-0.05, 0) is 55.7 Å². The van der Waals surface area contributed by atoms with Crippen LogP contribution < -0.4 is 15.1 Å². The molecular weight excluding hydrogens is 492 g/mol. The number of aromatic nitrogens is 3. The van der Waals surface area contributed by atoms with Crippen LogP contribution in [0, 0.1) is 12.8 Å². The Morgan fingerprint density at radius 1 is 1.03 bits per heavy atom. The Hall–Kier alpha value is -2.45. The number of nitrogens with zero attached hydrogens (tertiary/aromatic N) is 5. The number of piperidine rings is 1. The van der Waals surface area contributed by atoms with Crippen molar-refractivity contribution in [3.8, 4) is 11.5 Å². The van der Waals surface area contributed by atoms with Crippen LogP contribution >= 0.6 is 15.9 Å². The van der Waals surface area contributed by atoms with E-state index in [4.69, 9.17) is 9.40 Å². The molecule has 1 aromatic carbocycles. The monoisotopic (exact) mass is 522 g/mol. The maximum Gasteiger partial charge on any atom is 0.247 e. The van der Waals surface area contributed by atoms with Gasteiger partial charge in [-0.1, -0.05) is 28.8 Å². The summed E-state index contributed by atoms with van der Waals surface area (Å²) in [6.45, 7) is 4.97. The number of benzene rings is 1. The fourth-order valence-corrected chi connectivity index (χ4v) is 6.48. The molecule has 0 radical (unpaired) electrons. The van der Waals surface area contributed by atoms with Gasteiger partial charge in [-0.15, -0.1) is 10.2 Å². The molecule has 7 nitrogen and oxygen atoms in total. The van der Waals surface area contributed by atoms with Gasteiger partial charge in [0.05, 0.1) is 0 Å². The first-order valence-electron chi connectivity index (χ1n) is 12.4. The number of hydrogen-bond acceptors (Lipinski definition) is 7. The van der Waals surface area contributed by atoms with Crippen LogP contribution in [0.5, 0.6) is 0 Å². The molecule has 6 rings (SSSR count). The molecular formula is C26H31BrN6O. The van der Waals surface area contributed by atoms with Crippen LogP contribution in [0.2, 0.25) is 0 Å². The predicted octanol–water partition coefficient (Wildman–Crippen LogP) is 4.82. The molecule has 0 spiro atoms. The summed E-state index contributed by atoms with van der Waals surface area (Å²) in [5, 5.41) is 12.1. The molecule has 2 saturated heterocycles. The van der Waals surface area contributed by atoms with Crippen molar-refractivity contribution in [3.05, 3.63) is 53.0 Å². The second-order valence-electron chi connectivity index (χ2n) is 9.84. The Labute approximate surface area is 209 Å². The molecule has 1 saturated carbocycles. The molecule has 4 atom stereocenters. The van der Waals surface area contributed by atoms with E-state index in [1.165, 1.54) is 31.4 Å². The third kappa shape index (κ3) is 4.22. The molecule has 2 aromatic heterocycles. The highest BCUT2D eigenvalue weighted by atomic mass is 79.9. The zero-order valence-corrected chi connectivity index (χ0v) is 21.1. The first-order chi connectivity index (χ1) is 16.7. The molecule has 3 aliphatic rings. The Balaban J connectivity index is 1.25. The van der Waals surface area contributed by atoms with Crippen LogP contribution in [-0.4, -0.2) is 52.9 Å². The molecule has 34 heavy (non-hydrogen) atoms. The van der Waals surface area contributed by atoms with E-state index >= 15 is 0 Å². The topological polar surface area (TPSA) is 70.3 Å². The summed E-state index contributed by atoms with van der Waals surface area (Å²) in [4.78, 5) is 10.1. The van der Waals surface area contributed by atoms with Gasteiger partial charge in [0.2, 0.25) is 11.8 Å². The molecule has 0 amide bonds. The van der Waals surface area contributed by atoms with Crippen LogP contribution in [0.25, 0.3) is 11.5 Å². The summed E-state index contributed by atoms with van der Waals surface area (Å²) in [5.74, 6) is 2.83. The molecule has 1 N–H and O–H groups in total. The molecule has 2 aliphatic heterocycles. The SMILES string of the molecule is Cc1nnc(-c2ccc(N3CCC4C(CNC5CCCCC5N4c4cc(Br)ccn4)C3)cc2)o1. The van der Waals surface area contributed by atoms with Crippen LogP contribution in [-0.2, 0) is 0 Å². The average molecular weight is 523 g/mol. The van der Waals surface area contributed by atoms with E-state index < -0.39 is 0 Å². The van der Waals surface area contributed by atoms with Crippen LogP contribution in [0.4, 0.5) is 11.5 Å². The number of fused-ring (bicyclic) bond motifs is 2. The van der Waals surface area contributed by atoms with Gasteiger partial charge in [-0.2, -0.15) is 0 Å². The number of nitrogens with one attached hydrogen (secondary N) is 1. The zero-order valence-electron chi connectivity index (χ0n) is 19.5. The third-order valence-electron chi connectivity index (χ3n) is 7.76. The van der Waals surface area contributed by atoms with Crippen LogP contribution in [0.3, 0.4) is 0 Å². The Morgan fingerprint density at radius 2 is 1.88 bits per heavy atom. The van der Waals surface area contributed by atoms with Crippen molar-refractivity contribution in [2.75, 3.05) is 29.4 Å². The fourth-order valence-electron chi connectivity index (χ4n) is 6.15. The average Bonchev–Trinajstić information content (AvgIpc) is 3.23. The lowest BCUT2D eigenvalue weighted by molar-refractivity contribution is 0.316. The van der Waals surface area contributed by atoms with E-state index in [9.17, 15) is 0 Å². The number of aryl methyl sites for hydroxylation is 1. The predicted molar refractivity (Wildman–Crippen MR) is 137 cm³/mol. The molecule has 0 bridgehead atoms. The maximum absolute atomic E-state index is 5.59. The lowest BCUT2D eigenvalue weighted by atomic mass is 9.86. The summed E-state index contributed by atoms with van der Waals surface area (Å²) in [5.41, 5.74) is 2.22. The molecule has 1 aliphatic carbocycles. The van der Waals surface area contributed by atoms with Crippen molar-refractivity contribution < 1.29 is 4.42 Å². The highest BCUT2D eigenvalue weighted by Gasteiger charge is 2.43. The second-order valence-corrected chi connectivity index (χ2v) is 10.8. The fraction of sp³-hybridized carbons (Fsp3) is 0.500. The van der Waals surface area contributed by atoms with Gasteiger partial charge in [-0.25, -0.2) is 4.98 Å². The lowest BCUT2D eigenvalue weighted by Crippen LogP contribution is -2.56. The van der Waals surface area contributed by atoms with Crippen LogP contribution in [0.15, 0.2) is 51.5 Å². The Kier molecular flexibility index (Phi) is 6.03. The van der Waals surface area contributed by atoms with E-state index in [2.05, 4.69) is 71.6 Å². The summed E-state index contributed by atoms with van der Waals surface area (Å²) in [6.07, 6.45) is 8.20. The summed E-state index contributed by atoms with van der Waals surface area (Å²) >= 11 is 3.68. The highest BCUT2D eigenvalue weighted by Crippen LogP contribution is 2.37. The van der Waals surface area contributed by atoms with Gasteiger partial charge in [0, 0.05) is 72.5 Å². The first kappa shape index (κ1) is 22.0. The smallest absolute Gasteiger partial charge is 0.247 e. The van der Waals surface area contributed by atoms with Crippen molar-refractivity contribution in [2.45, 2.75) is 57.2 Å². The Morgan fingerprint density at radius 3 is 2.68 bits per heavy atom. The van der Waals surface area contributed by atoms with Crippen molar-refractivity contribution in [3.63, 3.8) is 0 Å². The van der Waals surface area contributed by atoms with E-state index in [-0.39, 0.29) is 0 Å². The molecule has 4 heterocycles. The third-order valence-corrected chi connectivity index (χ3v) is 8.25. The number of hydrogen-bond donors (Lipinski definition) is 1. The van der Waals surface area contributed by atoms with E-state index in [0.29, 0.717) is 35.8 Å². The maximum atomic E-state index is 5.59. The largest absolute Gasteiger partial charge is 0.421 e. The quantitative estimate of drug-likeness (QED) is 0.528. The first-order valence-corrected chi connectivity index (χ1v) is 13.2. The van der Waals surface area contributed by atoms with E-state index in [0.717, 1.165) is 41.9 Å². The number of anilines is 2. The number of rotatable bonds is 3. The standard InChI is InChI=1S/C26H31BrN6O/c1-17-30-31-26(34-17)18-6-8-21(9-7-18)32-13-11-23-19(16-32)15-29-22-4-2-3-5-24(22)33(23)25-14-20(27)10-12-28-25/h6-10,12,14,19,22-24,29H,2-5,11,13,15-16H2,1H3. The Bertz CT molecular complexity index is 1130. The van der Waals surface area contributed by atoms with E-state index in [1.807, 2.05) is 19.2 Å². The van der Waals surface area contributed by atoms with Gasteiger partial charge >= 0.3 is 0 Å². The van der Waals surface area contributed by atoms with Gasteiger partial charge < -0.3 is 19.5 Å². The van der Waals surface area contributed by atoms with Gasteiger partial charge in [0.25, 0.3) is 0 Å². The van der Waals surface area contributed by atoms with Crippen molar-refractivity contribution in [1.29, 1.82) is 0 Å². The van der Waals surface area contributed by atoms with Gasteiger partial charge in [0.1, 0.15) is 5.82 Å². The molecule has 178 valence electrons. The second kappa shape index (κ2) is 9.30. The minimum absolute atomic E-state index is 0.499. The van der Waals surface area contributed by atoms with Gasteiger partial charge in [0.15, 0.2) is 0 Å². The molecule has 8 heteroatoms. The van der Waals surface area contributed by atoms with Crippen molar-refractivity contribution >= 4 is 27.4 Å². The van der Waals surface area contributed by atoms with Crippen molar-refractivity contribution in [2.24, 2.45) is 5.92 Å².